The Morgan fingerprint density at radius 2 is 2.12 bits per heavy atom. The fourth-order valence-corrected chi connectivity index (χ4v) is 4.31. The van der Waals surface area contributed by atoms with E-state index in [1.165, 1.54) is 6.07 Å². The number of benzene rings is 1. The molecule has 1 saturated heterocycles. The van der Waals surface area contributed by atoms with E-state index in [9.17, 15) is 9.18 Å². The molecule has 1 amide bonds. The van der Waals surface area contributed by atoms with E-state index < -0.39 is 0 Å². The zero-order valence-corrected chi connectivity index (χ0v) is 16.0. The number of aromatic nitrogens is 2. The Morgan fingerprint density at radius 3 is 2.81 bits per heavy atom. The van der Waals surface area contributed by atoms with Crippen molar-refractivity contribution in [1.82, 2.24) is 19.8 Å². The Hall–Kier alpha value is -1.99. The van der Waals surface area contributed by atoms with Crippen LogP contribution in [0.15, 0.2) is 41.7 Å². The van der Waals surface area contributed by atoms with Gasteiger partial charge in [-0.3, -0.25) is 9.69 Å². The van der Waals surface area contributed by atoms with Gasteiger partial charge in [0.25, 0.3) is 0 Å². The topological polar surface area (TPSA) is 49.3 Å². The van der Waals surface area contributed by atoms with Crippen molar-refractivity contribution in [3.63, 3.8) is 0 Å². The first kappa shape index (κ1) is 18.8. The van der Waals surface area contributed by atoms with Crippen LogP contribution in [0.2, 0.25) is 0 Å². The van der Waals surface area contributed by atoms with Gasteiger partial charge in [-0.25, -0.2) is 14.4 Å². The van der Waals surface area contributed by atoms with Gasteiger partial charge in [0.1, 0.15) is 5.82 Å². The highest BCUT2D eigenvalue weighted by Crippen LogP contribution is 2.33. The molecule has 26 heavy (non-hydrogen) atoms. The summed E-state index contributed by atoms with van der Waals surface area (Å²) in [6.45, 7) is 3.05. The fourth-order valence-electron chi connectivity index (χ4n) is 3.15. The monoisotopic (exact) mass is 374 g/mol. The van der Waals surface area contributed by atoms with Crippen LogP contribution in [0.1, 0.15) is 17.7 Å². The average molecular weight is 374 g/mol. The van der Waals surface area contributed by atoms with Crippen molar-refractivity contribution in [3.05, 3.63) is 53.6 Å². The number of aryl methyl sites for hydroxylation is 1. The van der Waals surface area contributed by atoms with Crippen molar-refractivity contribution in [2.24, 2.45) is 0 Å². The summed E-state index contributed by atoms with van der Waals surface area (Å²) >= 11 is 1.59. The molecular formula is C19H23FN4OS. The van der Waals surface area contributed by atoms with Crippen LogP contribution < -0.4 is 0 Å². The van der Waals surface area contributed by atoms with Crippen LogP contribution in [-0.4, -0.2) is 57.6 Å². The Labute approximate surface area is 157 Å². The SMILES string of the molecule is Cc1ccnc(S[C@@H]2C[C@@H](C(=O)N(C)C)N(Cc3ccccc3F)C2)n1. The molecule has 0 bridgehead atoms. The molecule has 0 N–H and O–H groups in total. The van der Waals surface area contributed by atoms with E-state index in [1.54, 1.807) is 49.1 Å². The molecule has 1 aliphatic heterocycles. The molecule has 1 fully saturated rings. The van der Waals surface area contributed by atoms with Gasteiger partial charge in [0.05, 0.1) is 6.04 Å². The number of amides is 1. The molecule has 5 nitrogen and oxygen atoms in total. The highest BCUT2D eigenvalue weighted by Gasteiger charge is 2.38. The lowest BCUT2D eigenvalue weighted by molar-refractivity contribution is -0.133. The largest absolute Gasteiger partial charge is 0.347 e. The molecule has 0 aliphatic carbocycles. The Kier molecular flexibility index (Phi) is 5.88. The maximum atomic E-state index is 14.1. The second-order valence-electron chi connectivity index (χ2n) is 6.73. The van der Waals surface area contributed by atoms with Crippen molar-refractivity contribution in [1.29, 1.82) is 0 Å². The highest BCUT2D eigenvalue weighted by atomic mass is 32.2. The first-order valence-corrected chi connectivity index (χ1v) is 9.47. The Balaban J connectivity index is 1.77. The van der Waals surface area contributed by atoms with Gasteiger partial charge in [-0.2, -0.15) is 0 Å². The second-order valence-corrected chi connectivity index (χ2v) is 7.99. The maximum Gasteiger partial charge on any atom is 0.239 e. The van der Waals surface area contributed by atoms with Crippen LogP contribution in [-0.2, 0) is 11.3 Å². The number of nitrogens with zero attached hydrogens (tertiary/aromatic N) is 4. The molecule has 0 saturated carbocycles. The summed E-state index contributed by atoms with van der Waals surface area (Å²) in [5, 5.41) is 0.913. The summed E-state index contributed by atoms with van der Waals surface area (Å²) in [4.78, 5) is 25.1. The number of thioether (sulfide) groups is 1. The molecule has 0 unspecified atom stereocenters. The summed E-state index contributed by atoms with van der Waals surface area (Å²) in [6, 6.07) is 8.34. The summed E-state index contributed by atoms with van der Waals surface area (Å²) in [5.41, 5.74) is 1.53. The van der Waals surface area contributed by atoms with Crippen molar-refractivity contribution in [3.8, 4) is 0 Å². The molecular weight excluding hydrogens is 351 g/mol. The standard InChI is InChI=1S/C19H23FN4OS/c1-13-8-9-21-19(22-13)26-15-10-17(18(25)23(2)3)24(12-15)11-14-6-4-5-7-16(14)20/h4-9,15,17H,10-12H2,1-3H3/t15-,17+/m1/s1. The smallest absolute Gasteiger partial charge is 0.239 e. The molecule has 1 aromatic heterocycles. The normalized spacial score (nSPS) is 20.3. The van der Waals surface area contributed by atoms with Gasteiger partial charge in [0.2, 0.25) is 5.91 Å². The maximum absolute atomic E-state index is 14.1. The fraction of sp³-hybridized carbons (Fsp3) is 0.421. The Morgan fingerprint density at radius 1 is 1.35 bits per heavy atom. The molecule has 2 atom stereocenters. The summed E-state index contributed by atoms with van der Waals surface area (Å²) in [6.07, 6.45) is 2.45. The van der Waals surface area contributed by atoms with Crippen LogP contribution in [0.5, 0.6) is 0 Å². The van der Waals surface area contributed by atoms with Gasteiger partial charge in [-0.05, 0) is 25.5 Å². The van der Waals surface area contributed by atoms with E-state index >= 15 is 0 Å². The van der Waals surface area contributed by atoms with Crippen LogP contribution in [0.25, 0.3) is 0 Å². The van der Waals surface area contributed by atoms with Gasteiger partial charge in [0.15, 0.2) is 5.16 Å². The van der Waals surface area contributed by atoms with Crippen molar-refractivity contribution < 1.29 is 9.18 Å². The number of carbonyl (C=O) groups is 1. The van der Waals surface area contributed by atoms with E-state index in [0.717, 1.165) is 10.9 Å². The number of hydrogen-bond acceptors (Lipinski definition) is 5. The van der Waals surface area contributed by atoms with E-state index in [1.807, 2.05) is 19.1 Å². The number of likely N-dealkylation sites (tertiary alicyclic amines) is 1. The first-order chi connectivity index (χ1) is 12.4. The second kappa shape index (κ2) is 8.14. The lowest BCUT2D eigenvalue weighted by atomic mass is 10.1. The molecule has 1 aliphatic rings. The summed E-state index contributed by atoms with van der Waals surface area (Å²) in [7, 11) is 3.52. The van der Waals surface area contributed by atoms with E-state index in [2.05, 4.69) is 14.9 Å². The highest BCUT2D eigenvalue weighted by molar-refractivity contribution is 7.99. The third kappa shape index (κ3) is 4.40. The first-order valence-electron chi connectivity index (χ1n) is 8.59. The van der Waals surface area contributed by atoms with E-state index in [-0.39, 0.29) is 23.0 Å². The van der Waals surface area contributed by atoms with Crippen LogP contribution in [0.4, 0.5) is 4.39 Å². The minimum atomic E-state index is -0.257. The molecule has 3 rings (SSSR count). The number of halogens is 1. The molecule has 2 heterocycles. The number of rotatable bonds is 5. The third-order valence-corrected chi connectivity index (χ3v) is 5.55. The summed E-state index contributed by atoms with van der Waals surface area (Å²) in [5.74, 6) is -0.184. The van der Waals surface area contributed by atoms with Gasteiger partial charge in [-0.15, -0.1) is 0 Å². The number of hydrogen-bond donors (Lipinski definition) is 0. The van der Waals surface area contributed by atoms with Crippen molar-refractivity contribution in [2.45, 2.75) is 36.3 Å². The molecule has 0 radical (unpaired) electrons. The average Bonchev–Trinajstić information content (AvgIpc) is 2.98. The zero-order valence-electron chi connectivity index (χ0n) is 15.2. The summed E-state index contributed by atoms with van der Waals surface area (Å²) < 4.78 is 14.1. The van der Waals surface area contributed by atoms with E-state index in [0.29, 0.717) is 25.1 Å². The van der Waals surface area contributed by atoms with Crippen LogP contribution in [0, 0.1) is 12.7 Å². The molecule has 2 aromatic rings. The number of likely N-dealkylation sites (N-methyl/N-ethyl adjacent to an activating group) is 1. The molecule has 7 heteroatoms. The lowest BCUT2D eigenvalue weighted by Crippen LogP contribution is -2.42. The Bertz CT molecular complexity index is 786. The lowest BCUT2D eigenvalue weighted by Gasteiger charge is -2.26. The molecule has 0 spiro atoms. The van der Waals surface area contributed by atoms with E-state index in [4.69, 9.17) is 0 Å². The van der Waals surface area contributed by atoms with Gasteiger partial charge in [0, 0.05) is 49.9 Å². The van der Waals surface area contributed by atoms with Crippen molar-refractivity contribution >= 4 is 17.7 Å². The third-order valence-electron chi connectivity index (χ3n) is 4.47. The van der Waals surface area contributed by atoms with Gasteiger partial charge >= 0.3 is 0 Å². The van der Waals surface area contributed by atoms with Gasteiger partial charge in [-0.1, -0.05) is 30.0 Å². The zero-order chi connectivity index (χ0) is 18.7. The molecule has 1 aromatic carbocycles. The number of carbonyl (C=O) groups excluding carboxylic acids is 1. The van der Waals surface area contributed by atoms with Gasteiger partial charge < -0.3 is 4.90 Å². The van der Waals surface area contributed by atoms with Crippen LogP contribution >= 0.6 is 11.8 Å². The molecule has 138 valence electrons. The predicted molar refractivity (Wildman–Crippen MR) is 100 cm³/mol. The van der Waals surface area contributed by atoms with Crippen molar-refractivity contribution in [2.75, 3.05) is 20.6 Å². The minimum absolute atomic E-state index is 0.0506. The predicted octanol–water partition coefficient (Wildman–Crippen LogP) is 2.75. The quantitative estimate of drug-likeness (QED) is 0.753. The minimum Gasteiger partial charge on any atom is -0.347 e. The van der Waals surface area contributed by atoms with Crippen LogP contribution in [0.3, 0.4) is 0 Å².